The molecule has 0 radical (unpaired) electrons. The molecule has 5 nitrogen and oxygen atoms in total. The van der Waals surface area contributed by atoms with Crippen LogP contribution in [0, 0.1) is 0 Å². The van der Waals surface area contributed by atoms with Gasteiger partial charge in [0, 0.05) is 24.6 Å². The lowest BCUT2D eigenvalue weighted by Crippen LogP contribution is -2.02. The van der Waals surface area contributed by atoms with E-state index >= 15 is 0 Å². The van der Waals surface area contributed by atoms with Crippen molar-refractivity contribution in [3.05, 3.63) is 65.7 Å². The fourth-order valence-corrected chi connectivity index (χ4v) is 2.71. The number of carbonyl (C=O) groups excluding carboxylic acids is 1. The van der Waals surface area contributed by atoms with Crippen molar-refractivity contribution in [2.45, 2.75) is 11.4 Å². The molecule has 0 aliphatic carbocycles. The van der Waals surface area contributed by atoms with Crippen molar-refractivity contribution in [1.82, 2.24) is 0 Å². The standard InChI is InChI=1S/C18H19NO4S/c1-23-18(20)12-9-15-5-3-4-6-17(15)19-13-14-7-10-16(11-8-14)24(2,21)22/h3-12,19H,13H2,1-2H3/b12-9+. The summed E-state index contributed by atoms with van der Waals surface area (Å²) in [6, 6.07) is 14.3. The third-order valence-electron chi connectivity index (χ3n) is 3.40. The van der Waals surface area contributed by atoms with Gasteiger partial charge >= 0.3 is 5.97 Å². The first kappa shape index (κ1) is 17.7. The SMILES string of the molecule is COC(=O)/C=C/c1ccccc1NCc1ccc(S(C)(=O)=O)cc1. The minimum absolute atomic E-state index is 0.299. The van der Waals surface area contributed by atoms with Gasteiger partial charge in [-0.1, -0.05) is 30.3 Å². The molecular formula is C18H19NO4S. The molecule has 0 atom stereocenters. The Bertz CT molecular complexity index is 840. The maximum atomic E-state index is 11.5. The van der Waals surface area contributed by atoms with E-state index in [2.05, 4.69) is 10.1 Å². The van der Waals surface area contributed by atoms with Crippen LogP contribution in [0.4, 0.5) is 5.69 Å². The van der Waals surface area contributed by atoms with Crippen molar-refractivity contribution in [2.75, 3.05) is 18.7 Å². The van der Waals surface area contributed by atoms with E-state index in [1.807, 2.05) is 24.3 Å². The number of carbonyl (C=O) groups is 1. The van der Waals surface area contributed by atoms with E-state index < -0.39 is 15.8 Å². The summed E-state index contributed by atoms with van der Waals surface area (Å²) in [7, 11) is -1.85. The Morgan fingerprint density at radius 3 is 2.42 bits per heavy atom. The smallest absolute Gasteiger partial charge is 0.330 e. The molecule has 0 saturated carbocycles. The maximum Gasteiger partial charge on any atom is 0.330 e. The van der Waals surface area contributed by atoms with E-state index in [1.54, 1.807) is 30.3 Å². The molecule has 0 aromatic heterocycles. The molecule has 0 saturated heterocycles. The average molecular weight is 345 g/mol. The Morgan fingerprint density at radius 2 is 1.79 bits per heavy atom. The fraction of sp³-hybridized carbons (Fsp3) is 0.167. The highest BCUT2D eigenvalue weighted by atomic mass is 32.2. The Hall–Kier alpha value is -2.60. The van der Waals surface area contributed by atoms with Gasteiger partial charge in [-0.2, -0.15) is 0 Å². The summed E-state index contributed by atoms with van der Waals surface area (Å²) >= 11 is 0. The molecule has 2 rings (SSSR count). The highest BCUT2D eigenvalue weighted by molar-refractivity contribution is 7.90. The number of sulfone groups is 1. The number of ether oxygens (including phenoxy) is 1. The second-order valence-corrected chi connectivity index (χ2v) is 7.23. The second-order valence-electron chi connectivity index (χ2n) is 5.21. The van der Waals surface area contributed by atoms with Gasteiger partial charge in [-0.3, -0.25) is 0 Å². The van der Waals surface area contributed by atoms with E-state index in [0.29, 0.717) is 11.4 Å². The third-order valence-corrected chi connectivity index (χ3v) is 4.52. The van der Waals surface area contributed by atoms with Gasteiger partial charge in [0.15, 0.2) is 9.84 Å². The van der Waals surface area contributed by atoms with Crippen molar-refractivity contribution < 1.29 is 17.9 Å². The number of nitrogens with one attached hydrogen (secondary N) is 1. The highest BCUT2D eigenvalue weighted by Crippen LogP contribution is 2.18. The average Bonchev–Trinajstić information content (AvgIpc) is 2.58. The van der Waals surface area contributed by atoms with Crippen molar-refractivity contribution in [2.24, 2.45) is 0 Å². The lowest BCUT2D eigenvalue weighted by atomic mass is 10.1. The van der Waals surface area contributed by atoms with Crippen LogP contribution in [0.25, 0.3) is 6.08 Å². The molecule has 2 aromatic carbocycles. The summed E-state index contributed by atoms with van der Waals surface area (Å²) in [5.41, 5.74) is 2.68. The van der Waals surface area contributed by atoms with E-state index in [4.69, 9.17) is 0 Å². The molecule has 0 unspecified atom stereocenters. The predicted molar refractivity (Wildman–Crippen MR) is 94.4 cm³/mol. The number of esters is 1. The number of para-hydroxylation sites is 1. The third kappa shape index (κ3) is 4.96. The van der Waals surface area contributed by atoms with Gasteiger partial charge in [0.1, 0.15) is 0 Å². The Labute approximate surface area is 141 Å². The number of rotatable bonds is 6. The lowest BCUT2D eigenvalue weighted by Gasteiger charge is -2.10. The molecule has 0 aliphatic rings. The molecule has 0 spiro atoms. The molecule has 24 heavy (non-hydrogen) atoms. The van der Waals surface area contributed by atoms with Gasteiger partial charge in [0.25, 0.3) is 0 Å². The zero-order valence-electron chi connectivity index (χ0n) is 13.5. The second kappa shape index (κ2) is 7.79. The zero-order valence-corrected chi connectivity index (χ0v) is 14.3. The number of anilines is 1. The topological polar surface area (TPSA) is 72.5 Å². The molecule has 2 aromatic rings. The first-order valence-corrected chi connectivity index (χ1v) is 9.17. The first-order valence-electron chi connectivity index (χ1n) is 7.28. The van der Waals surface area contributed by atoms with Gasteiger partial charge in [-0.15, -0.1) is 0 Å². The van der Waals surface area contributed by atoms with Crippen LogP contribution in [0.5, 0.6) is 0 Å². The minimum atomic E-state index is -3.18. The van der Waals surface area contributed by atoms with E-state index in [1.165, 1.54) is 19.4 Å². The van der Waals surface area contributed by atoms with Crippen LogP contribution < -0.4 is 5.32 Å². The molecule has 1 N–H and O–H groups in total. The molecule has 6 heteroatoms. The van der Waals surface area contributed by atoms with Gasteiger partial charge in [0.2, 0.25) is 0 Å². The van der Waals surface area contributed by atoms with Crippen LogP contribution in [-0.4, -0.2) is 27.8 Å². The lowest BCUT2D eigenvalue weighted by molar-refractivity contribution is -0.134. The van der Waals surface area contributed by atoms with E-state index in [9.17, 15) is 13.2 Å². The minimum Gasteiger partial charge on any atom is -0.466 e. The van der Waals surface area contributed by atoms with Crippen LogP contribution in [0.1, 0.15) is 11.1 Å². The molecule has 0 bridgehead atoms. The summed E-state index contributed by atoms with van der Waals surface area (Å²) < 4.78 is 27.5. The van der Waals surface area contributed by atoms with Crippen LogP contribution in [0.3, 0.4) is 0 Å². The molecular weight excluding hydrogens is 326 g/mol. The van der Waals surface area contributed by atoms with Gasteiger partial charge in [-0.05, 0) is 35.4 Å². The van der Waals surface area contributed by atoms with Crippen molar-refractivity contribution in [3.8, 4) is 0 Å². The number of benzene rings is 2. The number of hydrogen-bond donors (Lipinski definition) is 1. The predicted octanol–water partition coefficient (Wildman–Crippen LogP) is 2.89. The normalized spacial score (nSPS) is 11.4. The van der Waals surface area contributed by atoms with Crippen LogP contribution in [-0.2, 0) is 25.9 Å². The van der Waals surface area contributed by atoms with Crippen LogP contribution in [0.2, 0.25) is 0 Å². The quantitative estimate of drug-likeness (QED) is 0.644. The summed E-state index contributed by atoms with van der Waals surface area (Å²) in [6.45, 7) is 0.535. The van der Waals surface area contributed by atoms with Crippen LogP contribution >= 0.6 is 0 Å². The Kier molecular flexibility index (Phi) is 5.76. The van der Waals surface area contributed by atoms with E-state index in [-0.39, 0.29) is 0 Å². The summed E-state index contributed by atoms with van der Waals surface area (Å²) in [5.74, 6) is -0.416. The van der Waals surface area contributed by atoms with Crippen molar-refractivity contribution >= 4 is 27.6 Å². The molecule has 0 aliphatic heterocycles. The van der Waals surface area contributed by atoms with Gasteiger partial charge < -0.3 is 10.1 Å². The number of methoxy groups -OCH3 is 1. The largest absolute Gasteiger partial charge is 0.466 e. The molecule has 0 fully saturated rings. The summed E-state index contributed by atoms with van der Waals surface area (Å²) in [5, 5.41) is 3.28. The molecule has 126 valence electrons. The van der Waals surface area contributed by atoms with Crippen LogP contribution in [0.15, 0.2) is 59.5 Å². The maximum absolute atomic E-state index is 11.5. The van der Waals surface area contributed by atoms with Gasteiger partial charge in [-0.25, -0.2) is 13.2 Å². The monoisotopic (exact) mass is 345 g/mol. The zero-order chi connectivity index (χ0) is 17.6. The fourth-order valence-electron chi connectivity index (χ4n) is 2.08. The highest BCUT2D eigenvalue weighted by Gasteiger charge is 2.06. The van der Waals surface area contributed by atoms with Crippen molar-refractivity contribution in [3.63, 3.8) is 0 Å². The van der Waals surface area contributed by atoms with Gasteiger partial charge in [0.05, 0.1) is 12.0 Å². The molecule has 0 amide bonds. The Balaban J connectivity index is 2.09. The number of hydrogen-bond acceptors (Lipinski definition) is 5. The molecule has 0 heterocycles. The van der Waals surface area contributed by atoms with E-state index in [0.717, 1.165) is 16.8 Å². The van der Waals surface area contributed by atoms with Crippen molar-refractivity contribution in [1.29, 1.82) is 0 Å². The Morgan fingerprint density at radius 1 is 1.12 bits per heavy atom. The summed E-state index contributed by atoms with van der Waals surface area (Å²) in [6.07, 6.45) is 4.23. The summed E-state index contributed by atoms with van der Waals surface area (Å²) in [4.78, 5) is 11.5. The first-order chi connectivity index (χ1) is 11.4.